The van der Waals surface area contributed by atoms with E-state index in [0.717, 1.165) is 39.3 Å². The lowest BCUT2D eigenvalue weighted by Gasteiger charge is -2.41. The minimum absolute atomic E-state index is 0.100. The highest BCUT2D eigenvalue weighted by atomic mass is 16.6. The Balaban J connectivity index is 1.66. The molecule has 24 heavy (non-hydrogen) atoms. The Hall–Kier alpha value is -1.43. The summed E-state index contributed by atoms with van der Waals surface area (Å²) < 4.78 is 17.3. The molecule has 2 unspecified atom stereocenters. The van der Waals surface area contributed by atoms with Crippen LogP contribution < -0.4 is 4.90 Å². The van der Waals surface area contributed by atoms with Crippen molar-refractivity contribution >= 4 is 5.97 Å². The summed E-state index contributed by atoms with van der Waals surface area (Å²) in [7, 11) is 0. The van der Waals surface area contributed by atoms with Crippen LogP contribution >= 0.6 is 0 Å². The summed E-state index contributed by atoms with van der Waals surface area (Å²) in [4.78, 5) is 14.0. The number of hydrogen-bond acceptors (Lipinski definition) is 4. The first-order chi connectivity index (χ1) is 11.5. The number of carbonyl (C=O) groups is 1. The molecule has 2 aliphatic rings. The van der Waals surface area contributed by atoms with E-state index in [-0.39, 0.29) is 23.6 Å². The molecular weight excluding hydrogens is 306 g/mol. The average molecular weight is 334 g/mol. The smallest absolute Gasteiger partial charge is 0.338 e. The third kappa shape index (κ3) is 4.56. The van der Waals surface area contributed by atoms with E-state index in [9.17, 15) is 4.79 Å². The van der Waals surface area contributed by atoms with Crippen LogP contribution in [0.15, 0.2) is 30.3 Å². The second-order valence-corrected chi connectivity index (χ2v) is 7.41. The van der Waals surface area contributed by atoms with Crippen LogP contribution in [0.3, 0.4) is 0 Å². The van der Waals surface area contributed by atoms with Gasteiger partial charge < -0.3 is 19.1 Å². The Morgan fingerprint density at radius 2 is 1.96 bits per heavy atom. The molecule has 2 fully saturated rings. The molecular formula is C19H28NO4+. The zero-order valence-electron chi connectivity index (χ0n) is 14.6. The van der Waals surface area contributed by atoms with E-state index in [1.54, 1.807) is 12.1 Å². The van der Waals surface area contributed by atoms with E-state index in [0.29, 0.717) is 12.2 Å². The van der Waals surface area contributed by atoms with Crippen molar-refractivity contribution in [3.8, 4) is 0 Å². The highest BCUT2D eigenvalue weighted by Crippen LogP contribution is 2.30. The van der Waals surface area contributed by atoms with Crippen LogP contribution in [-0.4, -0.2) is 57.1 Å². The summed E-state index contributed by atoms with van der Waals surface area (Å²) in [6.45, 7) is 9.38. The highest BCUT2D eigenvalue weighted by molar-refractivity contribution is 5.89. The Bertz CT molecular complexity index is 540. The monoisotopic (exact) mass is 334 g/mol. The second-order valence-electron chi connectivity index (χ2n) is 7.41. The van der Waals surface area contributed by atoms with Crippen LogP contribution in [0.2, 0.25) is 0 Å². The van der Waals surface area contributed by atoms with Crippen molar-refractivity contribution < 1.29 is 23.9 Å². The predicted octanol–water partition coefficient (Wildman–Crippen LogP) is 0.942. The predicted molar refractivity (Wildman–Crippen MR) is 90.2 cm³/mol. The number of ether oxygens (including phenoxy) is 3. The van der Waals surface area contributed by atoms with Gasteiger partial charge in [-0.1, -0.05) is 18.2 Å². The molecule has 0 amide bonds. The maximum atomic E-state index is 12.5. The standard InChI is InChI=1S/C19H27NO4/c1-19(2)12-17(24-18(21)15-6-4-3-5-7-15)16(14-23-19)13-20-8-10-22-11-9-20/h3-7,16-17H,8-14H2,1-2H3/p+1. The molecule has 3 rings (SSSR count). The number of morpholine rings is 1. The van der Waals surface area contributed by atoms with Crippen molar-refractivity contribution in [2.24, 2.45) is 5.92 Å². The molecule has 2 atom stereocenters. The van der Waals surface area contributed by atoms with E-state index in [2.05, 4.69) is 13.8 Å². The van der Waals surface area contributed by atoms with Crippen LogP contribution in [0, 0.1) is 5.92 Å². The van der Waals surface area contributed by atoms with Gasteiger partial charge in [0.2, 0.25) is 0 Å². The summed E-state index contributed by atoms with van der Waals surface area (Å²) in [5.41, 5.74) is 0.359. The second kappa shape index (κ2) is 7.64. The van der Waals surface area contributed by atoms with Crippen LogP contribution in [-0.2, 0) is 14.2 Å². The molecule has 5 nitrogen and oxygen atoms in total. The molecule has 0 saturated carbocycles. The third-order valence-corrected chi connectivity index (χ3v) is 4.93. The maximum Gasteiger partial charge on any atom is 0.338 e. The SMILES string of the molecule is CC1(C)CC(OC(=O)c2ccccc2)C(C[NH+]2CCOCC2)CO1. The highest BCUT2D eigenvalue weighted by Gasteiger charge is 2.40. The summed E-state index contributed by atoms with van der Waals surface area (Å²) in [5, 5.41) is 0. The van der Waals surface area contributed by atoms with Gasteiger partial charge >= 0.3 is 5.97 Å². The van der Waals surface area contributed by atoms with Crippen LogP contribution in [0.4, 0.5) is 0 Å². The summed E-state index contributed by atoms with van der Waals surface area (Å²) in [5.74, 6) is -0.000866. The molecule has 2 saturated heterocycles. The Morgan fingerprint density at radius 1 is 1.25 bits per heavy atom. The minimum Gasteiger partial charge on any atom is -0.458 e. The number of esters is 1. The van der Waals surface area contributed by atoms with Gasteiger partial charge in [0.05, 0.1) is 43.4 Å². The Morgan fingerprint density at radius 3 is 2.67 bits per heavy atom. The van der Waals surface area contributed by atoms with E-state index in [1.165, 1.54) is 4.90 Å². The molecule has 1 aromatic carbocycles. The maximum absolute atomic E-state index is 12.5. The fourth-order valence-corrected chi connectivity index (χ4v) is 3.49. The third-order valence-electron chi connectivity index (χ3n) is 4.93. The number of nitrogens with one attached hydrogen (secondary N) is 1. The normalized spacial score (nSPS) is 27.6. The largest absolute Gasteiger partial charge is 0.458 e. The topological polar surface area (TPSA) is 49.2 Å². The number of rotatable bonds is 4. The fourth-order valence-electron chi connectivity index (χ4n) is 3.49. The molecule has 132 valence electrons. The van der Waals surface area contributed by atoms with Gasteiger partial charge in [0.15, 0.2) is 0 Å². The van der Waals surface area contributed by atoms with Gasteiger partial charge in [-0.2, -0.15) is 0 Å². The number of quaternary nitrogens is 1. The first kappa shape index (κ1) is 17.4. The number of carbonyl (C=O) groups excluding carboxylic acids is 1. The number of hydrogen-bond donors (Lipinski definition) is 1. The van der Waals surface area contributed by atoms with Gasteiger partial charge in [-0.3, -0.25) is 0 Å². The lowest BCUT2D eigenvalue weighted by atomic mass is 9.88. The van der Waals surface area contributed by atoms with Gasteiger partial charge in [0, 0.05) is 6.42 Å². The van der Waals surface area contributed by atoms with E-state index >= 15 is 0 Å². The van der Waals surface area contributed by atoms with Gasteiger partial charge in [0.1, 0.15) is 19.2 Å². The van der Waals surface area contributed by atoms with Crippen molar-refractivity contribution in [1.82, 2.24) is 0 Å². The molecule has 0 aromatic heterocycles. The van der Waals surface area contributed by atoms with Crippen molar-refractivity contribution in [2.45, 2.75) is 32.0 Å². The summed E-state index contributed by atoms with van der Waals surface area (Å²) in [6, 6.07) is 9.22. The summed E-state index contributed by atoms with van der Waals surface area (Å²) in [6.07, 6.45) is 0.636. The van der Waals surface area contributed by atoms with E-state index < -0.39 is 0 Å². The average Bonchev–Trinajstić information content (AvgIpc) is 2.59. The minimum atomic E-state index is -0.252. The first-order valence-electron chi connectivity index (χ1n) is 8.85. The van der Waals surface area contributed by atoms with Crippen LogP contribution in [0.5, 0.6) is 0 Å². The molecule has 0 bridgehead atoms. The summed E-state index contributed by atoms with van der Waals surface area (Å²) >= 11 is 0. The van der Waals surface area contributed by atoms with Crippen molar-refractivity contribution in [2.75, 3.05) is 39.5 Å². The van der Waals surface area contributed by atoms with Gasteiger partial charge in [-0.15, -0.1) is 0 Å². The molecule has 2 aliphatic heterocycles. The molecule has 2 heterocycles. The molecule has 0 radical (unpaired) electrons. The van der Waals surface area contributed by atoms with Crippen molar-refractivity contribution in [3.05, 3.63) is 35.9 Å². The Labute approximate surface area is 143 Å². The zero-order chi connectivity index (χ0) is 17.0. The molecule has 0 spiro atoms. The fraction of sp³-hybridized carbons (Fsp3) is 0.632. The lowest BCUT2D eigenvalue weighted by molar-refractivity contribution is -0.912. The molecule has 5 heteroatoms. The van der Waals surface area contributed by atoms with Crippen LogP contribution in [0.25, 0.3) is 0 Å². The lowest BCUT2D eigenvalue weighted by Crippen LogP contribution is -3.15. The van der Waals surface area contributed by atoms with Crippen LogP contribution in [0.1, 0.15) is 30.6 Å². The van der Waals surface area contributed by atoms with E-state index in [4.69, 9.17) is 14.2 Å². The van der Waals surface area contributed by atoms with Gasteiger partial charge in [-0.25, -0.2) is 4.79 Å². The first-order valence-corrected chi connectivity index (χ1v) is 8.85. The van der Waals surface area contributed by atoms with Gasteiger partial charge in [0.25, 0.3) is 0 Å². The molecule has 0 aliphatic carbocycles. The Kier molecular flexibility index (Phi) is 5.54. The molecule has 1 aromatic rings. The van der Waals surface area contributed by atoms with Crippen molar-refractivity contribution in [3.63, 3.8) is 0 Å². The zero-order valence-corrected chi connectivity index (χ0v) is 14.6. The number of benzene rings is 1. The van der Waals surface area contributed by atoms with Gasteiger partial charge in [-0.05, 0) is 26.0 Å². The van der Waals surface area contributed by atoms with E-state index in [1.807, 2.05) is 18.2 Å². The molecule has 1 N–H and O–H groups in total. The quantitative estimate of drug-likeness (QED) is 0.833. The van der Waals surface area contributed by atoms with Crippen molar-refractivity contribution in [1.29, 1.82) is 0 Å².